The van der Waals surface area contributed by atoms with Gasteiger partial charge in [-0.1, -0.05) is 48.5 Å². The molecule has 2 aromatic rings. The average molecular weight is 342 g/mol. The van der Waals surface area contributed by atoms with Crippen LogP contribution in [0.4, 0.5) is 4.79 Å². The number of ether oxygens (including phenoxy) is 2. The third kappa shape index (κ3) is 5.65. The zero-order valence-corrected chi connectivity index (χ0v) is 13.7. The molecule has 7 nitrogen and oxygen atoms in total. The number of carbonyl (C=O) groups excluding carboxylic acids is 3. The molecule has 0 bridgehead atoms. The van der Waals surface area contributed by atoms with E-state index < -0.39 is 24.5 Å². The van der Waals surface area contributed by atoms with Crippen molar-refractivity contribution in [2.45, 2.75) is 0 Å². The average Bonchev–Trinajstić information content (AvgIpc) is 2.65. The van der Waals surface area contributed by atoms with Crippen LogP contribution in [-0.4, -0.2) is 38.2 Å². The van der Waals surface area contributed by atoms with Crippen molar-refractivity contribution in [3.05, 3.63) is 54.6 Å². The number of amides is 3. The van der Waals surface area contributed by atoms with E-state index in [4.69, 9.17) is 9.47 Å². The number of carbonyl (C=O) groups is 3. The summed E-state index contributed by atoms with van der Waals surface area (Å²) >= 11 is 0. The van der Waals surface area contributed by atoms with Crippen LogP contribution >= 0.6 is 0 Å². The Morgan fingerprint density at radius 1 is 0.920 bits per heavy atom. The van der Waals surface area contributed by atoms with Crippen LogP contribution in [0.5, 0.6) is 5.75 Å². The number of hydrogen-bond acceptors (Lipinski definition) is 5. The number of esters is 1. The fourth-order valence-corrected chi connectivity index (χ4v) is 2.00. The molecule has 2 rings (SSSR count). The van der Waals surface area contributed by atoms with Gasteiger partial charge in [0.2, 0.25) is 0 Å². The second-order valence-electron chi connectivity index (χ2n) is 4.94. The van der Waals surface area contributed by atoms with Crippen molar-refractivity contribution in [3.8, 4) is 16.9 Å². The van der Waals surface area contributed by atoms with E-state index in [0.717, 1.165) is 11.1 Å². The van der Waals surface area contributed by atoms with Gasteiger partial charge in [0, 0.05) is 12.6 Å². The highest BCUT2D eigenvalue weighted by molar-refractivity contribution is 5.95. The zero-order valence-electron chi connectivity index (χ0n) is 13.7. The first-order chi connectivity index (χ1) is 12.1. The van der Waals surface area contributed by atoms with Crippen LogP contribution in [0.1, 0.15) is 0 Å². The molecule has 0 aliphatic carbocycles. The largest absolute Gasteiger partial charge is 0.481 e. The molecule has 0 aromatic heterocycles. The summed E-state index contributed by atoms with van der Waals surface area (Å²) in [5.41, 5.74) is 1.80. The fraction of sp³-hybridized carbons (Fsp3) is 0.167. The van der Waals surface area contributed by atoms with E-state index in [1.807, 2.05) is 47.8 Å². The molecule has 2 aromatic carbocycles. The van der Waals surface area contributed by atoms with Gasteiger partial charge in [0.15, 0.2) is 13.2 Å². The molecule has 3 amide bonds. The molecular formula is C18H18N2O5. The van der Waals surface area contributed by atoms with Crippen LogP contribution in [-0.2, 0) is 14.3 Å². The van der Waals surface area contributed by atoms with Crippen LogP contribution in [0.2, 0.25) is 0 Å². The molecule has 130 valence electrons. The van der Waals surface area contributed by atoms with Crippen molar-refractivity contribution in [1.82, 2.24) is 10.6 Å². The lowest BCUT2D eigenvalue weighted by Gasteiger charge is -2.11. The molecule has 0 atom stereocenters. The number of para-hydroxylation sites is 1. The Kier molecular flexibility index (Phi) is 6.53. The predicted molar refractivity (Wildman–Crippen MR) is 90.9 cm³/mol. The normalized spacial score (nSPS) is 9.80. The van der Waals surface area contributed by atoms with Crippen LogP contribution in [0.25, 0.3) is 11.1 Å². The molecule has 2 N–H and O–H groups in total. The van der Waals surface area contributed by atoms with Crippen molar-refractivity contribution in [2.75, 3.05) is 20.3 Å². The minimum absolute atomic E-state index is 0.350. The summed E-state index contributed by atoms with van der Waals surface area (Å²) in [6.45, 7) is -0.910. The molecule has 0 heterocycles. The predicted octanol–water partition coefficient (Wildman–Crippen LogP) is 1.73. The number of nitrogens with one attached hydrogen (secondary N) is 2. The molecule has 25 heavy (non-hydrogen) atoms. The molecular weight excluding hydrogens is 324 g/mol. The second kappa shape index (κ2) is 9.07. The molecule has 0 spiro atoms. The lowest BCUT2D eigenvalue weighted by atomic mass is 10.1. The highest BCUT2D eigenvalue weighted by atomic mass is 16.6. The molecule has 0 radical (unpaired) electrons. The molecule has 0 unspecified atom stereocenters. The van der Waals surface area contributed by atoms with Gasteiger partial charge in [-0.15, -0.1) is 0 Å². The van der Waals surface area contributed by atoms with E-state index in [-0.39, 0.29) is 6.61 Å². The summed E-state index contributed by atoms with van der Waals surface area (Å²) in [5.74, 6) is -0.909. The van der Waals surface area contributed by atoms with Crippen molar-refractivity contribution in [2.24, 2.45) is 0 Å². The van der Waals surface area contributed by atoms with Gasteiger partial charge in [-0.2, -0.15) is 0 Å². The molecule has 0 saturated carbocycles. The first-order valence-corrected chi connectivity index (χ1v) is 7.54. The van der Waals surface area contributed by atoms with Crippen molar-refractivity contribution in [3.63, 3.8) is 0 Å². The van der Waals surface area contributed by atoms with Gasteiger partial charge in [-0.05, 0) is 11.6 Å². The van der Waals surface area contributed by atoms with Gasteiger partial charge in [0.25, 0.3) is 5.91 Å². The summed E-state index contributed by atoms with van der Waals surface area (Å²) in [7, 11) is 1.37. The lowest BCUT2D eigenvalue weighted by molar-refractivity contribution is -0.150. The van der Waals surface area contributed by atoms with Gasteiger partial charge in [0.1, 0.15) is 5.75 Å². The maximum absolute atomic E-state index is 11.7. The Morgan fingerprint density at radius 3 is 2.32 bits per heavy atom. The SMILES string of the molecule is CNC(=O)NC(=O)COC(=O)COc1ccccc1-c1ccccc1. The molecule has 0 aliphatic rings. The minimum atomic E-state index is -0.725. The summed E-state index contributed by atoms with van der Waals surface area (Å²) in [6.07, 6.45) is 0. The van der Waals surface area contributed by atoms with Crippen molar-refractivity contribution < 1.29 is 23.9 Å². The Hall–Kier alpha value is -3.35. The van der Waals surface area contributed by atoms with Crippen LogP contribution in [0, 0.1) is 0 Å². The van der Waals surface area contributed by atoms with E-state index in [1.165, 1.54) is 7.05 Å². The highest BCUT2D eigenvalue weighted by Gasteiger charge is 2.12. The highest BCUT2D eigenvalue weighted by Crippen LogP contribution is 2.29. The lowest BCUT2D eigenvalue weighted by Crippen LogP contribution is -2.40. The molecule has 0 aliphatic heterocycles. The Bertz CT molecular complexity index is 746. The van der Waals surface area contributed by atoms with Gasteiger partial charge >= 0.3 is 12.0 Å². The zero-order chi connectivity index (χ0) is 18.1. The van der Waals surface area contributed by atoms with Gasteiger partial charge in [-0.25, -0.2) is 9.59 Å². The maximum Gasteiger partial charge on any atom is 0.344 e. The van der Waals surface area contributed by atoms with Gasteiger partial charge in [-0.3, -0.25) is 10.1 Å². The second-order valence-corrected chi connectivity index (χ2v) is 4.94. The van der Waals surface area contributed by atoms with E-state index in [1.54, 1.807) is 12.1 Å². The molecule has 0 saturated heterocycles. The number of benzene rings is 2. The monoisotopic (exact) mass is 342 g/mol. The number of urea groups is 1. The quantitative estimate of drug-likeness (QED) is 0.780. The number of rotatable bonds is 6. The van der Waals surface area contributed by atoms with E-state index >= 15 is 0 Å². The van der Waals surface area contributed by atoms with Crippen LogP contribution in [0.3, 0.4) is 0 Å². The van der Waals surface area contributed by atoms with Crippen molar-refractivity contribution in [1.29, 1.82) is 0 Å². The van der Waals surface area contributed by atoms with Gasteiger partial charge < -0.3 is 14.8 Å². The summed E-state index contributed by atoms with van der Waals surface area (Å²) in [4.78, 5) is 34.0. The fourth-order valence-electron chi connectivity index (χ4n) is 2.00. The Balaban J connectivity index is 1.88. The smallest absolute Gasteiger partial charge is 0.344 e. The Morgan fingerprint density at radius 2 is 1.60 bits per heavy atom. The summed E-state index contributed by atoms with van der Waals surface area (Å²) in [6, 6.07) is 16.2. The Labute approximate surface area is 144 Å². The van der Waals surface area contributed by atoms with Crippen LogP contribution in [0.15, 0.2) is 54.6 Å². The van der Waals surface area contributed by atoms with E-state index in [2.05, 4.69) is 5.32 Å². The first kappa shape index (κ1) is 18.0. The first-order valence-electron chi connectivity index (χ1n) is 7.54. The third-order valence-electron chi connectivity index (χ3n) is 3.16. The van der Waals surface area contributed by atoms with E-state index in [9.17, 15) is 14.4 Å². The summed E-state index contributed by atoms with van der Waals surface area (Å²) in [5, 5.41) is 4.20. The topological polar surface area (TPSA) is 93.7 Å². The minimum Gasteiger partial charge on any atom is -0.481 e. The van der Waals surface area contributed by atoms with Crippen molar-refractivity contribution >= 4 is 17.9 Å². The van der Waals surface area contributed by atoms with E-state index in [0.29, 0.717) is 5.75 Å². The maximum atomic E-state index is 11.7. The molecule has 0 fully saturated rings. The number of hydrogen-bond donors (Lipinski definition) is 2. The van der Waals surface area contributed by atoms with Gasteiger partial charge in [0.05, 0.1) is 0 Å². The summed E-state index contributed by atoms with van der Waals surface area (Å²) < 4.78 is 10.3. The standard InChI is InChI=1S/C18H18N2O5/c1-19-18(23)20-16(21)11-25-17(22)12-24-15-10-6-5-9-14(15)13-7-3-2-4-8-13/h2-10H,11-12H2,1H3,(H2,19,20,21,23). The number of imide groups is 1. The van der Waals surface area contributed by atoms with Crippen LogP contribution < -0.4 is 15.4 Å². The third-order valence-corrected chi connectivity index (χ3v) is 3.16. The molecule has 7 heteroatoms.